The number of sulfonamides is 1. The second-order valence-corrected chi connectivity index (χ2v) is 9.83. The van der Waals surface area contributed by atoms with Crippen LogP contribution >= 0.6 is 11.6 Å². The summed E-state index contributed by atoms with van der Waals surface area (Å²) in [7, 11) is -3.89. The van der Waals surface area contributed by atoms with Crippen molar-refractivity contribution in [3.05, 3.63) is 100 Å². The molecule has 1 saturated heterocycles. The molecule has 0 saturated carbocycles. The Balaban J connectivity index is 1.58. The van der Waals surface area contributed by atoms with Crippen molar-refractivity contribution in [3.63, 3.8) is 0 Å². The fourth-order valence-electron chi connectivity index (χ4n) is 3.93. The van der Waals surface area contributed by atoms with Crippen LogP contribution in [0, 0.1) is 17.5 Å². The molecule has 0 amide bonds. The van der Waals surface area contributed by atoms with Gasteiger partial charge in [0, 0.05) is 26.2 Å². The molecule has 1 fully saturated rings. The van der Waals surface area contributed by atoms with Crippen molar-refractivity contribution < 1.29 is 21.6 Å². The molecule has 0 atom stereocenters. The number of benzene rings is 3. The molecule has 0 unspecified atom stereocenters. The summed E-state index contributed by atoms with van der Waals surface area (Å²) in [5, 5.41) is -0.164. The van der Waals surface area contributed by atoms with Gasteiger partial charge in [0.05, 0.1) is 11.1 Å². The summed E-state index contributed by atoms with van der Waals surface area (Å²) in [6.45, 7) is 1.15. The van der Waals surface area contributed by atoms with Crippen molar-refractivity contribution >= 4 is 21.6 Å². The number of nitrogens with zero attached hydrogens (tertiary/aromatic N) is 2. The van der Waals surface area contributed by atoms with E-state index in [2.05, 4.69) is 4.90 Å². The standard InChI is InChI=1S/C23H20ClF3N2O2S/c24-21-15-20(27)9-10-22(21)32(30,31)29-13-11-28(12-14-29)23(16-1-5-18(25)6-2-16)17-3-7-19(26)8-4-17/h1-10,15,23H,11-14H2. The highest BCUT2D eigenvalue weighted by atomic mass is 35.5. The summed E-state index contributed by atoms with van der Waals surface area (Å²) < 4.78 is 67.7. The third-order valence-corrected chi connectivity index (χ3v) is 7.90. The largest absolute Gasteiger partial charge is 0.290 e. The van der Waals surface area contributed by atoms with Gasteiger partial charge in [0.1, 0.15) is 22.3 Å². The lowest BCUT2D eigenvalue weighted by Gasteiger charge is -2.39. The minimum atomic E-state index is -3.89. The third-order valence-electron chi connectivity index (χ3n) is 5.52. The fourth-order valence-corrected chi connectivity index (χ4v) is 5.86. The molecule has 0 aliphatic carbocycles. The molecule has 1 heterocycles. The number of hydrogen-bond acceptors (Lipinski definition) is 3. The van der Waals surface area contributed by atoms with Crippen LogP contribution in [-0.4, -0.2) is 43.8 Å². The van der Waals surface area contributed by atoms with E-state index in [0.29, 0.717) is 13.1 Å². The summed E-state index contributed by atoms with van der Waals surface area (Å²) in [4.78, 5) is 1.93. The average molecular weight is 481 g/mol. The first-order chi connectivity index (χ1) is 15.3. The molecule has 1 aliphatic rings. The van der Waals surface area contributed by atoms with Gasteiger partial charge in [-0.15, -0.1) is 0 Å². The Hall–Kier alpha value is -2.39. The molecule has 0 radical (unpaired) electrons. The molecule has 9 heteroatoms. The summed E-state index contributed by atoms with van der Waals surface area (Å²) in [6, 6.07) is 15.1. The molecule has 4 rings (SSSR count). The van der Waals surface area contributed by atoms with Crippen LogP contribution in [0.4, 0.5) is 13.2 Å². The summed E-state index contributed by atoms with van der Waals surface area (Å²) >= 11 is 5.98. The highest BCUT2D eigenvalue weighted by Crippen LogP contribution is 2.32. The van der Waals surface area contributed by atoms with Crippen LogP contribution in [0.15, 0.2) is 71.6 Å². The van der Waals surface area contributed by atoms with E-state index in [1.807, 2.05) is 0 Å². The van der Waals surface area contributed by atoms with Gasteiger partial charge >= 0.3 is 0 Å². The minimum absolute atomic E-state index is 0.136. The van der Waals surface area contributed by atoms with Gasteiger partial charge in [0.25, 0.3) is 0 Å². The van der Waals surface area contributed by atoms with Crippen molar-refractivity contribution in [3.8, 4) is 0 Å². The Morgan fingerprint density at radius 2 is 1.19 bits per heavy atom. The molecule has 4 nitrogen and oxygen atoms in total. The Morgan fingerprint density at radius 1 is 0.719 bits per heavy atom. The fraction of sp³-hybridized carbons (Fsp3) is 0.217. The van der Waals surface area contributed by atoms with Crippen molar-refractivity contribution in [2.45, 2.75) is 10.9 Å². The Bertz CT molecular complexity index is 1150. The van der Waals surface area contributed by atoms with E-state index in [4.69, 9.17) is 11.6 Å². The highest BCUT2D eigenvalue weighted by molar-refractivity contribution is 7.89. The van der Waals surface area contributed by atoms with E-state index in [1.165, 1.54) is 34.6 Å². The van der Waals surface area contributed by atoms with Gasteiger partial charge in [0.2, 0.25) is 10.0 Å². The van der Waals surface area contributed by atoms with Crippen LogP contribution in [0.25, 0.3) is 0 Å². The summed E-state index contributed by atoms with van der Waals surface area (Å²) in [5.74, 6) is -1.34. The van der Waals surface area contributed by atoms with Gasteiger partial charge in [-0.2, -0.15) is 4.31 Å². The molecule has 3 aromatic carbocycles. The van der Waals surface area contributed by atoms with Gasteiger partial charge in [0.15, 0.2) is 0 Å². The van der Waals surface area contributed by atoms with Crippen LogP contribution in [0.5, 0.6) is 0 Å². The second-order valence-electron chi connectivity index (χ2n) is 7.52. The first-order valence-electron chi connectivity index (χ1n) is 9.96. The SMILES string of the molecule is O=S(=O)(c1ccc(F)cc1Cl)N1CCN(C(c2ccc(F)cc2)c2ccc(F)cc2)CC1. The molecule has 0 spiro atoms. The van der Waals surface area contributed by atoms with Crippen molar-refractivity contribution in [2.24, 2.45) is 0 Å². The maximum Gasteiger partial charge on any atom is 0.244 e. The lowest BCUT2D eigenvalue weighted by molar-refractivity contribution is 0.155. The topological polar surface area (TPSA) is 40.6 Å². The maximum absolute atomic E-state index is 13.5. The van der Waals surface area contributed by atoms with Gasteiger partial charge in [-0.3, -0.25) is 4.90 Å². The van der Waals surface area contributed by atoms with Gasteiger partial charge in [-0.25, -0.2) is 21.6 Å². The summed E-state index contributed by atoms with van der Waals surface area (Å²) in [6.07, 6.45) is 0. The van der Waals surface area contributed by atoms with E-state index < -0.39 is 15.8 Å². The number of piperazine rings is 1. The predicted octanol–water partition coefficient (Wildman–Crippen LogP) is 4.85. The maximum atomic E-state index is 13.5. The monoisotopic (exact) mass is 480 g/mol. The van der Waals surface area contributed by atoms with Crippen LogP contribution in [0.3, 0.4) is 0 Å². The number of halogens is 4. The Morgan fingerprint density at radius 3 is 1.66 bits per heavy atom. The normalized spacial score (nSPS) is 15.9. The zero-order valence-electron chi connectivity index (χ0n) is 16.9. The molecule has 168 valence electrons. The zero-order chi connectivity index (χ0) is 22.9. The zero-order valence-corrected chi connectivity index (χ0v) is 18.5. The highest BCUT2D eigenvalue weighted by Gasteiger charge is 2.33. The van der Waals surface area contributed by atoms with E-state index in [1.54, 1.807) is 24.3 Å². The van der Waals surface area contributed by atoms with Crippen molar-refractivity contribution in [1.82, 2.24) is 9.21 Å². The predicted molar refractivity (Wildman–Crippen MR) is 116 cm³/mol. The lowest BCUT2D eigenvalue weighted by Crippen LogP contribution is -2.49. The summed E-state index contributed by atoms with van der Waals surface area (Å²) in [5.41, 5.74) is 1.63. The van der Waals surface area contributed by atoms with Gasteiger partial charge < -0.3 is 0 Å². The Labute approximate surface area is 189 Å². The van der Waals surface area contributed by atoms with Crippen LogP contribution in [0.2, 0.25) is 5.02 Å². The third kappa shape index (κ3) is 4.68. The van der Waals surface area contributed by atoms with Gasteiger partial charge in [-0.1, -0.05) is 35.9 Å². The molecule has 1 aliphatic heterocycles. The first kappa shape index (κ1) is 22.8. The smallest absolute Gasteiger partial charge is 0.244 e. The van der Waals surface area contributed by atoms with Crippen molar-refractivity contribution in [1.29, 1.82) is 0 Å². The van der Waals surface area contributed by atoms with Gasteiger partial charge in [-0.05, 0) is 53.6 Å². The average Bonchev–Trinajstić information content (AvgIpc) is 2.77. The van der Waals surface area contributed by atoms with Crippen LogP contribution in [0.1, 0.15) is 17.2 Å². The Kier molecular flexibility index (Phi) is 6.57. The van der Waals surface area contributed by atoms with E-state index in [0.717, 1.165) is 23.3 Å². The molecule has 0 bridgehead atoms. The number of hydrogen-bond donors (Lipinski definition) is 0. The molecule has 0 N–H and O–H groups in total. The molecule has 3 aromatic rings. The number of rotatable bonds is 5. The van der Waals surface area contributed by atoms with Crippen LogP contribution < -0.4 is 0 Å². The first-order valence-corrected chi connectivity index (χ1v) is 11.8. The van der Waals surface area contributed by atoms with Crippen LogP contribution in [-0.2, 0) is 10.0 Å². The van der Waals surface area contributed by atoms with E-state index in [9.17, 15) is 21.6 Å². The minimum Gasteiger partial charge on any atom is -0.290 e. The lowest BCUT2D eigenvalue weighted by atomic mass is 9.96. The molecule has 32 heavy (non-hydrogen) atoms. The molecule has 0 aromatic heterocycles. The van der Waals surface area contributed by atoms with E-state index in [-0.39, 0.29) is 40.7 Å². The molecular weight excluding hydrogens is 461 g/mol. The molecular formula is C23H20ClF3N2O2S. The van der Waals surface area contributed by atoms with Crippen molar-refractivity contribution in [2.75, 3.05) is 26.2 Å². The quantitative estimate of drug-likeness (QED) is 0.524. The second kappa shape index (κ2) is 9.23. The van der Waals surface area contributed by atoms with E-state index >= 15 is 0 Å².